The van der Waals surface area contributed by atoms with Crippen molar-refractivity contribution in [2.24, 2.45) is 5.92 Å². The molecular formula is C14H21NO3S. The second-order valence-electron chi connectivity index (χ2n) is 4.74. The molecule has 0 radical (unpaired) electrons. The van der Waals surface area contributed by atoms with Crippen LogP contribution in [0.25, 0.3) is 6.08 Å². The van der Waals surface area contributed by atoms with Gasteiger partial charge < -0.3 is 5.11 Å². The quantitative estimate of drug-likeness (QED) is 0.804. The summed E-state index contributed by atoms with van der Waals surface area (Å²) in [7, 11) is -3.49. The Morgan fingerprint density at radius 3 is 2.42 bits per heavy atom. The van der Waals surface area contributed by atoms with E-state index in [1.165, 1.54) is 0 Å². The van der Waals surface area contributed by atoms with Crippen molar-refractivity contribution in [2.75, 3.05) is 6.61 Å². The number of rotatable bonds is 7. The van der Waals surface area contributed by atoms with Crippen LogP contribution in [0.2, 0.25) is 0 Å². The predicted octanol–water partition coefficient (Wildman–Crippen LogP) is 1.98. The molecule has 1 atom stereocenters. The summed E-state index contributed by atoms with van der Waals surface area (Å²) in [6, 6.07) is 8.99. The van der Waals surface area contributed by atoms with Crippen LogP contribution in [0.3, 0.4) is 0 Å². The third kappa shape index (κ3) is 6.00. The van der Waals surface area contributed by atoms with Gasteiger partial charge in [0.1, 0.15) is 0 Å². The molecule has 0 spiro atoms. The van der Waals surface area contributed by atoms with Crippen LogP contribution in [-0.4, -0.2) is 26.2 Å². The van der Waals surface area contributed by atoms with E-state index in [2.05, 4.69) is 4.72 Å². The fourth-order valence-electron chi connectivity index (χ4n) is 1.65. The lowest BCUT2D eigenvalue weighted by Crippen LogP contribution is -2.38. The maximum atomic E-state index is 11.9. The second kappa shape index (κ2) is 7.43. The van der Waals surface area contributed by atoms with E-state index in [1.54, 1.807) is 6.08 Å². The Kier molecular flexibility index (Phi) is 6.21. The smallest absolute Gasteiger partial charge is 0.233 e. The highest BCUT2D eigenvalue weighted by Crippen LogP contribution is 2.09. The number of sulfonamides is 1. The molecule has 0 fully saturated rings. The van der Waals surface area contributed by atoms with Gasteiger partial charge in [-0.2, -0.15) is 0 Å². The van der Waals surface area contributed by atoms with E-state index >= 15 is 0 Å². The highest BCUT2D eigenvalue weighted by atomic mass is 32.2. The summed E-state index contributed by atoms with van der Waals surface area (Å²) in [5.41, 5.74) is 0.830. The van der Waals surface area contributed by atoms with Gasteiger partial charge in [-0.05, 0) is 24.0 Å². The molecular weight excluding hydrogens is 262 g/mol. The second-order valence-corrected chi connectivity index (χ2v) is 6.34. The first kappa shape index (κ1) is 15.9. The molecule has 0 saturated carbocycles. The van der Waals surface area contributed by atoms with Gasteiger partial charge in [0, 0.05) is 18.1 Å². The number of aliphatic hydroxyl groups is 1. The molecule has 1 rings (SSSR count). The van der Waals surface area contributed by atoms with Gasteiger partial charge >= 0.3 is 0 Å². The van der Waals surface area contributed by atoms with E-state index < -0.39 is 10.0 Å². The third-order valence-electron chi connectivity index (χ3n) is 2.80. The first-order valence-corrected chi connectivity index (χ1v) is 7.85. The minimum Gasteiger partial charge on any atom is -0.396 e. The average molecular weight is 283 g/mol. The summed E-state index contributed by atoms with van der Waals surface area (Å²) < 4.78 is 26.4. The standard InChI is InChI=1S/C14H21NO3S/c1-12(2)14(8-10-16)15-19(17,18)11-9-13-6-4-3-5-7-13/h3-7,9,11-12,14-16H,8,10H2,1-2H3/b11-9+. The Morgan fingerprint density at radius 1 is 1.26 bits per heavy atom. The first-order valence-electron chi connectivity index (χ1n) is 6.31. The number of benzene rings is 1. The van der Waals surface area contributed by atoms with Gasteiger partial charge in [0.25, 0.3) is 0 Å². The van der Waals surface area contributed by atoms with Crippen molar-refractivity contribution in [3.63, 3.8) is 0 Å². The van der Waals surface area contributed by atoms with E-state index in [1.807, 2.05) is 44.2 Å². The normalized spacial score (nSPS) is 14.1. The molecule has 0 aliphatic carbocycles. The monoisotopic (exact) mass is 283 g/mol. The minimum absolute atomic E-state index is 0.0340. The van der Waals surface area contributed by atoms with Crippen LogP contribution in [0.4, 0.5) is 0 Å². The average Bonchev–Trinajstić information content (AvgIpc) is 2.37. The lowest BCUT2D eigenvalue weighted by Gasteiger charge is -2.20. The number of hydrogen-bond acceptors (Lipinski definition) is 3. The van der Waals surface area contributed by atoms with Crippen molar-refractivity contribution in [1.82, 2.24) is 4.72 Å². The van der Waals surface area contributed by atoms with Crippen molar-refractivity contribution in [3.8, 4) is 0 Å². The zero-order valence-corrected chi connectivity index (χ0v) is 12.1. The highest BCUT2D eigenvalue weighted by Gasteiger charge is 2.18. The van der Waals surface area contributed by atoms with Gasteiger partial charge in [0.2, 0.25) is 10.0 Å². The van der Waals surface area contributed by atoms with Gasteiger partial charge in [-0.25, -0.2) is 13.1 Å². The van der Waals surface area contributed by atoms with Gasteiger partial charge in [-0.1, -0.05) is 44.2 Å². The molecule has 5 heteroatoms. The number of aliphatic hydroxyl groups excluding tert-OH is 1. The summed E-state index contributed by atoms with van der Waals surface area (Å²) >= 11 is 0. The molecule has 19 heavy (non-hydrogen) atoms. The molecule has 2 N–H and O–H groups in total. The van der Waals surface area contributed by atoms with Crippen LogP contribution in [-0.2, 0) is 10.0 Å². The lowest BCUT2D eigenvalue weighted by molar-refractivity contribution is 0.256. The molecule has 0 aliphatic heterocycles. The number of nitrogens with one attached hydrogen (secondary N) is 1. The molecule has 0 aromatic heterocycles. The van der Waals surface area contributed by atoms with Crippen LogP contribution in [0.1, 0.15) is 25.8 Å². The van der Waals surface area contributed by atoms with Gasteiger partial charge in [0.15, 0.2) is 0 Å². The molecule has 0 aliphatic rings. The fraction of sp³-hybridized carbons (Fsp3) is 0.429. The van der Waals surface area contributed by atoms with Crippen molar-refractivity contribution in [3.05, 3.63) is 41.3 Å². The Morgan fingerprint density at radius 2 is 1.89 bits per heavy atom. The summed E-state index contributed by atoms with van der Waals surface area (Å²) in [5.74, 6) is 0.132. The lowest BCUT2D eigenvalue weighted by atomic mass is 10.0. The third-order valence-corrected chi connectivity index (χ3v) is 3.93. The Hall–Kier alpha value is -1.17. The predicted molar refractivity (Wildman–Crippen MR) is 77.9 cm³/mol. The molecule has 0 heterocycles. The maximum absolute atomic E-state index is 11.9. The van der Waals surface area contributed by atoms with Crippen LogP contribution in [0.5, 0.6) is 0 Å². The molecule has 1 aromatic rings. The van der Waals surface area contributed by atoms with E-state index in [0.29, 0.717) is 6.42 Å². The topological polar surface area (TPSA) is 66.4 Å². The molecule has 106 valence electrons. The molecule has 0 amide bonds. The number of hydrogen-bond donors (Lipinski definition) is 2. The molecule has 0 saturated heterocycles. The molecule has 4 nitrogen and oxygen atoms in total. The zero-order valence-electron chi connectivity index (χ0n) is 11.3. The van der Waals surface area contributed by atoms with Crippen LogP contribution >= 0.6 is 0 Å². The van der Waals surface area contributed by atoms with Crippen molar-refractivity contribution >= 4 is 16.1 Å². The van der Waals surface area contributed by atoms with Gasteiger partial charge in [0.05, 0.1) is 0 Å². The first-order chi connectivity index (χ1) is 8.94. The van der Waals surface area contributed by atoms with Gasteiger partial charge in [-0.3, -0.25) is 0 Å². The van der Waals surface area contributed by atoms with Crippen LogP contribution in [0, 0.1) is 5.92 Å². The molecule has 1 unspecified atom stereocenters. The van der Waals surface area contributed by atoms with E-state index in [4.69, 9.17) is 5.11 Å². The minimum atomic E-state index is -3.49. The van der Waals surface area contributed by atoms with Crippen LogP contribution < -0.4 is 4.72 Å². The van der Waals surface area contributed by atoms with Crippen LogP contribution in [0.15, 0.2) is 35.7 Å². The van der Waals surface area contributed by atoms with Crippen molar-refractivity contribution in [1.29, 1.82) is 0 Å². The van der Waals surface area contributed by atoms with Gasteiger partial charge in [-0.15, -0.1) is 0 Å². The Bertz CT molecular complexity index is 495. The highest BCUT2D eigenvalue weighted by molar-refractivity contribution is 7.92. The van der Waals surface area contributed by atoms with E-state index in [9.17, 15) is 8.42 Å². The molecule has 0 bridgehead atoms. The SMILES string of the molecule is CC(C)C(CCO)NS(=O)(=O)/C=C/c1ccccc1. The summed E-state index contributed by atoms with van der Waals surface area (Å²) in [6.45, 7) is 3.81. The maximum Gasteiger partial charge on any atom is 0.233 e. The van der Waals surface area contributed by atoms with E-state index in [0.717, 1.165) is 11.0 Å². The Labute approximate surface area is 115 Å². The fourth-order valence-corrected chi connectivity index (χ4v) is 2.88. The van der Waals surface area contributed by atoms with E-state index in [-0.39, 0.29) is 18.6 Å². The Balaban J connectivity index is 2.73. The summed E-state index contributed by atoms with van der Waals surface area (Å²) in [5, 5.41) is 10.1. The van der Waals surface area contributed by atoms with Crippen molar-refractivity contribution in [2.45, 2.75) is 26.3 Å². The zero-order chi connectivity index (χ0) is 14.3. The summed E-state index contributed by atoms with van der Waals surface area (Å²) in [4.78, 5) is 0. The molecule has 1 aromatic carbocycles. The summed E-state index contributed by atoms with van der Waals surface area (Å²) in [6.07, 6.45) is 1.97. The van der Waals surface area contributed by atoms with Crippen molar-refractivity contribution < 1.29 is 13.5 Å². The largest absolute Gasteiger partial charge is 0.396 e.